The summed E-state index contributed by atoms with van der Waals surface area (Å²) in [6, 6.07) is 3.28. The van der Waals surface area contributed by atoms with Gasteiger partial charge in [0.2, 0.25) is 0 Å². The Morgan fingerprint density at radius 3 is 2.42 bits per heavy atom. The number of hydrogen-bond acceptors (Lipinski definition) is 5. The number of carbonyl (C=O) groups excluding carboxylic acids is 1. The van der Waals surface area contributed by atoms with E-state index in [2.05, 4.69) is 15.8 Å². The zero-order valence-electron chi connectivity index (χ0n) is 14.4. The van der Waals surface area contributed by atoms with Gasteiger partial charge in [-0.3, -0.25) is 10.1 Å². The molecule has 0 radical (unpaired) electrons. The van der Waals surface area contributed by atoms with Crippen LogP contribution in [0, 0.1) is 27.9 Å². The number of urea groups is 1. The monoisotopic (exact) mass is 358 g/mol. The molecule has 1 aromatic rings. The Kier molecular flexibility index (Phi) is 4.05. The van der Waals surface area contributed by atoms with Crippen molar-refractivity contribution in [2.24, 2.45) is 22.9 Å². The van der Waals surface area contributed by atoms with E-state index in [4.69, 9.17) is 0 Å². The van der Waals surface area contributed by atoms with Crippen molar-refractivity contribution in [2.75, 3.05) is 0 Å². The molecule has 8 heteroatoms. The summed E-state index contributed by atoms with van der Waals surface area (Å²) in [7, 11) is 0. The van der Waals surface area contributed by atoms with Gasteiger partial charge in [-0.15, -0.1) is 0 Å². The van der Waals surface area contributed by atoms with Gasteiger partial charge >= 0.3 is 6.03 Å². The molecule has 4 bridgehead atoms. The van der Waals surface area contributed by atoms with Gasteiger partial charge < -0.3 is 10.4 Å². The molecule has 138 valence electrons. The Bertz CT molecular complexity index is 741. The van der Waals surface area contributed by atoms with Gasteiger partial charge in [-0.1, -0.05) is 0 Å². The van der Waals surface area contributed by atoms with Gasteiger partial charge in [0, 0.05) is 23.2 Å². The first-order valence-electron chi connectivity index (χ1n) is 9.01. The summed E-state index contributed by atoms with van der Waals surface area (Å²) in [5, 5.41) is 27.5. The molecule has 8 nitrogen and oxygen atoms in total. The van der Waals surface area contributed by atoms with E-state index in [0.29, 0.717) is 0 Å². The Labute approximate surface area is 150 Å². The Morgan fingerprint density at radius 1 is 1.23 bits per heavy atom. The van der Waals surface area contributed by atoms with E-state index in [0.717, 1.165) is 37.0 Å². The molecule has 0 atom stereocenters. The van der Waals surface area contributed by atoms with Gasteiger partial charge in [0.05, 0.1) is 11.1 Å². The maximum absolute atomic E-state index is 12.3. The third kappa shape index (κ3) is 3.23. The van der Waals surface area contributed by atoms with Crippen molar-refractivity contribution in [1.82, 2.24) is 10.7 Å². The van der Waals surface area contributed by atoms with Crippen LogP contribution in [0.4, 0.5) is 10.5 Å². The highest BCUT2D eigenvalue weighted by atomic mass is 16.6. The molecule has 0 aromatic heterocycles. The second-order valence-corrected chi connectivity index (χ2v) is 8.02. The van der Waals surface area contributed by atoms with Crippen molar-refractivity contribution in [1.29, 1.82) is 0 Å². The van der Waals surface area contributed by atoms with E-state index < -0.39 is 4.92 Å². The highest BCUT2D eigenvalue weighted by molar-refractivity contribution is 5.85. The Morgan fingerprint density at radius 2 is 1.85 bits per heavy atom. The fraction of sp³-hybridized carbons (Fsp3) is 0.556. The molecule has 26 heavy (non-hydrogen) atoms. The summed E-state index contributed by atoms with van der Waals surface area (Å²) in [5.74, 6) is 2.05. The van der Waals surface area contributed by atoms with E-state index in [1.54, 1.807) is 0 Å². The van der Waals surface area contributed by atoms with Crippen LogP contribution in [0.2, 0.25) is 0 Å². The van der Waals surface area contributed by atoms with Crippen molar-refractivity contribution >= 4 is 17.9 Å². The Hall–Kier alpha value is -2.64. The summed E-state index contributed by atoms with van der Waals surface area (Å²) in [6.45, 7) is 0. The van der Waals surface area contributed by atoms with Gasteiger partial charge in [-0.05, 0) is 62.3 Å². The van der Waals surface area contributed by atoms with Crippen molar-refractivity contribution in [2.45, 2.75) is 44.1 Å². The largest absolute Gasteiger partial charge is 0.507 e. The number of phenolic OH excluding ortho intramolecular Hbond substituents is 1. The minimum Gasteiger partial charge on any atom is -0.507 e. The topological polar surface area (TPSA) is 117 Å². The second-order valence-electron chi connectivity index (χ2n) is 8.02. The number of benzene rings is 1. The SMILES string of the molecule is O=C(N/N=C/c1cc([N+](=O)[O-])ccc1O)NC12CC3CC(CC(C3)C1)C2. The normalized spacial score (nSPS) is 31.9. The first-order chi connectivity index (χ1) is 12.4. The van der Waals surface area contributed by atoms with Gasteiger partial charge in [0.25, 0.3) is 5.69 Å². The molecule has 4 fully saturated rings. The van der Waals surface area contributed by atoms with Crippen LogP contribution in [-0.4, -0.2) is 27.8 Å². The number of nitrogens with zero attached hydrogens (tertiary/aromatic N) is 2. The van der Waals surface area contributed by atoms with Gasteiger partial charge in [-0.25, -0.2) is 10.2 Å². The standard InChI is InChI=1S/C18H22N4O4/c23-16-2-1-15(22(25)26)6-14(16)10-19-21-17(24)20-18-7-11-3-12(8-18)5-13(4-11)9-18/h1-2,6,10-13,23H,3-5,7-9H2,(H2,20,21,24)/b19-10+. The van der Waals surface area contributed by atoms with Crippen molar-refractivity contribution in [3.8, 4) is 5.75 Å². The zero-order chi connectivity index (χ0) is 18.3. The molecule has 1 aromatic carbocycles. The maximum atomic E-state index is 12.3. The lowest BCUT2D eigenvalue weighted by Crippen LogP contribution is -2.61. The molecule has 0 saturated heterocycles. The number of amides is 2. The highest BCUT2D eigenvalue weighted by Gasteiger charge is 2.51. The molecule has 4 aliphatic carbocycles. The van der Waals surface area contributed by atoms with Crippen molar-refractivity contribution < 1.29 is 14.8 Å². The number of carbonyl (C=O) groups is 1. The first-order valence-corrected chi connectivity index (χ1v) is 9.01. The smallest absolute Gasteiger partial charge is 0.335 e. The van der Waals surface area contributed by atoms with Crippen molar-refractivity contribution in [3.05, 3.63) is 33.9 Å². The summed E-state index contributed by atoms with van der Waals surface area (Å²) in [6.07, 6.45) is 8.24. The molecule has 3 N–H and O–H groups in total. The molecule has 2 amide bonds. The number of nitrogens with one attached hydrogen (secondary N) is 2. The second kappa shape index (κ2) is 6.26. The van der Waals surface area contributed by atoms with E-state index in [1.807, 2.05) is 0 Å². The van der Waals surface area contributed by atoms with Crippen LogP contribution in [0.3, 0.4) is 0 Å². The first kappa shape index (κ1) is 16.8. The summed E-state index contributed by atoms with van der Waals surface area (Å²) in [4.78, 5) is 22.5. The predicted molar refractivity (Wildman–Crippen MR) is 94.9 cm³/mol. The molecule has 0 spiro atoms. The third-order valence-corrected chi connectivity index (χ3v) is 6.01. The van der Waals surface area contributed by atoms with Crippen LogP contribution in [0.25, 0.3) is 0 Å². The van der Waals surface area contributed by atoms with Gasteiger partial charge in [0.15, 0.2) is 0 Å². The fourth-order valence-corrected chi connectivity index (χ4v) is 5.45. The third-order valence-electron chi connectivity index (χ3n) is 6.01. The Balaban J connectivity index is 1.38. The van der Waals surface area contributed by atoms with Crippen LogP contribution in [0.5, 0.6) is 5.75 Å². The summed E-state index contributed by atoms with van der Waals surface area (Å²) in [5.41, 5.74) is 2.34. The van der Waals surface area contributed by atoms with Crippen LogP contribution in [-0.2, 0) is 0 Å². The molecular formula is C18H22N4O4. The lowest BCUT2D eigenvalue weighted by Gasteiger charge is -2.56. The van der Waals surface area contributed by atoms with Crippen LogP contribution < -0.4 is 10.7 Å². The number of non-ortho nitro benzene ring substituents is 1. The zero-order valence-corrected chi connectivity index (χ0v) is 14.4. The van der Waals surface area contributed by atoms with Gasteiger partial charge in [0.1, 0.15) is 5.75 Å². The van der Waals surface area contributed by atoms with Crippen LogP contribution in [0.15, 0.2) is 23.3 Å². The molecular weight excluding hydrogens is 336 g/mol. The van der Waals surface area contributed by atoms with Crippen molar-refractivity contribution in [3.63, 3.8) is 0 Å². The molecule has 0 unspecified atom stereocenters. The van der Waals surface area contributed by atoms with E-state index in [1.165, 1.54) is 43.7 Å². The van der Waals surface area contributed by atoms with E-state index >= 15 is 0 Å². The minimum absolute atomic E-state index is 0.109. The average Bonchev–Trinajstić information content (AvgIpc) is 2.54. The number of hydrazone groups is 1. The fourth-order valence-electron chi connectivity index (χ4n) is 5.45. The molecule has 0 aliphatic heterocycles. The molecule has 4 saturated carbocycles. The number of hydrogen-bond donors (Lipinski definition) is 3. The average molecular weight is 358 g/mol. The van der Waals surface area contributed by atoms with Crippen LogP contribution in [0.1, 0.15) is 44.1 Å². The van der Waals surface area contributed by atoms with Crippen LogP contribution >= 0.6 is 0 Å². The van der Waals surface area contributed by atoms with E-state index in [-0.39, 0.29) is 28.6 Å². The molecule has 4 aliphatic rings. The lowest BCUT2D eigenvalue weighted by molar-refractivity contribution is -0.384. The lowest BCUT2D eigenvalue weighted by atomic mass is 9.53. The summed E-state index contributed by atoms with van der Waals surface area (Å²) >= 11 is 0. The van der Waals surface area contributed by atoms with Gasteiger partial charge in [-0.2, -0.15) is 5.10 Å². The molecule has 5 rings (SSSR count). The van der Waals surface area contributed by atoms with E-state index in [9.17, 15) is 20.0 Å². The minimum atomic E-state index is -0.552. The number of phenols is 1. The maximum Gasteiger partial charge on any atom is 0.335 e. The number of nitro benzene ring substituents is 1. The number of aromatic hydroxyl groups is 1. The highest BCUT2D eigenvalue weighted by Crippen LogP contribution is 2.55. The quantitative estimate of drug-likeness (QED) is 0.436. The number of nitro groups is 1. The number of rotatable bonds is 4. The predicted octanol–water partition coefficient (Wildman–Crippen LogP) is 2.90. The summed E-state index contributed by atoms with van der Waals surface area (Å²) < 4.78 is 0. The molecule has 0 heterocycles.